The number of anilines is 2. The topological polar surface area (TPSA) is 64.2 Å². The van der Waals surface area contributed by atoms with E-state index in [1.807, 2.05) is 28.0 Å². The maximum Gasteiger partial charge on any atom is 0.263 e. The van der Waals surface area contributed by atoms with Gasteiger partial charge in [0.25, 0.3) is 11.8 Å². The molecule has 0 N–H and O–H groups in total. The highest BCUT2D eigenvalue weighted by Gasteiger charge is 2.43. The second-order valence-electron chi connectivity index (χ2n) is 10.7. The molecular weight excluding hydrogens is 471 g/mol. The summed E-state index contributed by atoms with van der Waals surface area (Å²) in [7, 11) is 0. The van der Waals surface area contributed by atoms with E-state index in [-0.39, 0.29) is 35.5 Å². The second-order valence-corrected chi connectivity index (χ2v) is 10.7. The Morgan fingerprint density at radius 2 is 1.49 bits per heavy atom. The molecule has 2 aromatic carbocycles. The van der Waals surface area contributed by atoms with Crippen LogP contribution in [0.5, 0.6) is 0 Å². The normalized spacial score (nSPS) is 22.7. The number of carbonyl (C=O) groups is 3. The fourth-order valence-corrected chi connectivity index (χ4v) is 6.57. The van der Waals surface area contributed by atoms with Crippen LogP contribution in [-0.2, 0) is 4.79 Å². The summed E-state index contributed by atoms with van der Waals surface area (Å²) in [5.74, 6) is -0.630. The molecule has 2 saturated heterocycles. The molecule has 4 aliphatic rings. The molecule has 1 aliphatic carbocycles. The average molecular weight is 505 g/mol. The smallest absolute Gasteiger partial charge is 0.263 e. The van der Waals surface area contributed by atoms with Crippen molar-refractivity contribution in [1.82, 2.24) is 9.80 Å². The molecule has 3 aliphatic heterocycles. The second kappa shape index (κ2) is 9.80. The summed E-state index contributed by atoms with van der Waals surface area (Å²) in [5.41, 5.74) is 2.36. The summed E-state index contributed by atoms with van der Waals surface area (Å²) in [6.07, 6.45) is 5.52. The SMILES string of the molecule is O=C([C@H]1CCCN(c2cccc3c2C(=O)N(C2CCCC2)C3=O)C1)N1CCN(c2ccccc2F)CC1. The highest BCUT2D eigenvalue weighted by atomic mass is 19.1. The van der Waals surface area contributed by atoms with Gasteiger partial charge in [0.05, 0.1) is 28.4 Å². The molecule has 194 valence electrons. The van der Waals surface area contributed by atoms with Gasteiger partial charge < -0.3 is 14.7 Å². The molecule has 7 nitrogen and oxygen atoms in total. The van der Waals surface area contributed by atoms with E-state index in [2.05, 4.69) is 4.90 Å². The van der Waals surface area contributed by atoms with Crippen LogP contribution in [0.25, 0.3) is 0 Å². The van der Waals surface area contributed by atoms with Gasteiger partial charge in [0.2, 0.25) is 5.91 Å². The maximum absolute atomic E-state index is 14.2. The Labute approximate surface area is 216 Å². The molecule has 0 spiro atoms. The van der Waals surface area contributed by atoms with E-state index in [4.69, 9.17) is 0 Å². The monoisotopic (exact) mass is 504 g/mol. The lowest BCUT2D eigenvalue weighted by Gasteiger charge is -2.40. The van der Waals surface area contributed by atoms with Crippen LogP contribution < -0.4 is 9.80 Å². The Bertz CT molecular complexity index is 1220. The lowest BCUT2D eigenvalue weighted by atomic mass is 9.94. The lowest BCUT2D eigenvalue weighted by molar-refractivity contribution is -0.136. The van der Waals surface area contributed by atoms with E-state index in [9.17, 15) is 18.8 Å². The molecule has 0 radical (unpaired) electrons. The third-order valence-corrected chi connectivity index (χ3v) is 8.51. The van der Waals surface area contributed by atoms with Gasteiger partial charge in [-0.1, -0.05) is 31.0 Å². The Hall–Kier alpha value is -3.42. The summed E-state index contributed by atoms with van der Waals surface area (Å²) in [4.78, 5) is 47.6. The lowest BCUT2D eigenvalue weighted by Crippen LogP contribution is -2.53. The first-order chi connectivity index (χ1) is 18.0. The van der Waals surface area contributed by atoms with Crippen molar-refractivity contribution >= 4 is 29.1 Å². The van der Waals surface area contributed by atoms with Crippen molar-refractivity contribution < 1.29 is 18.8 Å². The highest BCUT2D eigenvalue weighted by molar-refractivity contribution is 6.24. The highest BCUT2D eigenvalue weighted by Crippen LogP contribution is 2.37. The van der Waals surface area contributed by atoms with Gasteiger partial charge in [-0.05, 0) is 49.9 Å². The average Bonchev–Trinajstić information content (AvgIpc) is 3.55. The fourth-order valence-electron chi connectivity index (χ4n) is 6.57. The number of rotatable bonds is 4. The van der Waals surface area contributed by atoms with E-state index in [1.165, 1.54) is 11.0 Å². The molecule has 3 amide bonds. The van der Waals surface area contributed by atoms with Crippen LogP contribution in [0.4, 0.5) is 15.8 Å². The number of piperidine rings is 1. The van der Waals surface area contributed by atoms with E-state index in [0.29, 0.717) is 49.5 Å². The van der Waals surface area contributed by atoms with Crippen LogP contribution in [0.15, 0.2) is 42.5 Å². The van der Waals surface area contributed by atoms with Crippen LogP contribution in [0.2, 0.25) is 0 Å². The fraction of sp³-hybridized carbons (Fsp3) is 0.483. The van der Waals surface area contributed by atoms with Gasteiger partial charge in [-0.15, -0.1) is 0 Å². The number of piperazine rings is 1. The number of carbonyl (C=O) groups excluding carboxylic acids is 3. The first kappa shape index (κ1) is 23.9. The van der Waals surface area contributed by atoms with Crippen molar-refractivity contribution in [2.45, 2.75) is 44.6 Å². The van der Waals surface area contributed by atoms with Crippen molar-refractivity contribution in [2.24, 2.45) is 5.92 Å². The zero-order valence-electron chi connectivity index (χ0n) is 21.1. The molecule has 0 bridgehead atoms. The number of benzene rings is 2. The Kier molecular flexibility index (Phi) is 6.34. The predicted molar refractivity (Wildman–Crippen MR) is 139 cm³/mol. The summed E-state index contributed by atoms with van der Waals surface area (Å²) < 4.78 is 14.2. The van der Waals surface area contributed by atoms with Gasteiger partial charge in [-0.2, -0.15) is 0 Å². The van der Waals surface area contributed by atoms with Crippen LogP contribution >= 0.6 is 0 Å². The van der Waals surface area contributed by atoms with E-state index in [0.717, 1.165) is 50.8 Å². The third kappa shape index (κ3) is 4.26. The van der Waals surface area contributed by atoms with E-state index >= 15 is 0 Å². The quantitative estimate of drug-likeness (QED) is 0.591. The number of amides is 3. The Balaban J connectivity index is 1.15. The zero-order chi connectivity index (χ0) is 25.5. The van der Waals surface area contributed by atoms with Crippen molar-refractivity contribution in [2.75, 3.05) is 49.1 Å². The van der Waals surface area contributed by atoms with E-state index in [1.54, 1.807) is 18.2 Å². The van der Waals surface area contributed by atoms with Crippen molar-refractivity contribution in [1.29, 1.82) is 0 Å². The van der Waals surface area contributed by atoms with Crippen LogP contribution in [0.1, 0.15) is 59.2 Å². The van der Waals surface area contributed by atoms with Crippen molar-refractivity contribution in [3.8, 4) is 0 Å². The first-order valence-corrected chi connectivity index (χ1v) is 13.6. The number of halogens is 1. The van der Waals surface area contributed by atoms with E-state index < -0.39 is 0 Å². The molecule has 3 fully saturated rings. The largest absolute Gasteiger partial charge is 0.370 e. The van der Waals surface area contributed by atoms with Crippen molar-refractivity contribution in [3.05, 3.63) is 59.4 Å². The molecule has 37 heavy (non-hydrogen) atoms. The number of nitrogens with zero attached hydrogens (tertiary/aromatic N) is 4. The molecule has 0 aromatic heterocycles. The summed E-state index contributed by atoms with van der Waals surface area (Å²) in [6.45, 7) is 3.62. The van der Waals surface area contributed by atoms with Gasteiger partial charge in [-0.25, -0.2) is 4.39 Å². The summed E-state index contributed by atoms with van der Waals surface area (Å²) in [6, 6.07) is 12.3. The number of para-hydroxylation sites is 1. The van der Waals surface area contributed by atoms with Gasteiger partial charge >= 0.3 is 0 Å². The minimum Gasteiger partial charge on any atom is -0.370 e. The zero-order valence-corrected chi connectivity index (χ0v) is 21.1. The first-order valence-electron chi connectivity index (χ1n) is 13.6. The molecule has 6 rings (SSSR count). The van der Waals surface area contributed by atoms with Crippen LogP contribution in [0.3, 0.4) is 0 Å². The van der Waals surface area contributed by atoms with Gasteiger partial charge in [0.1, 0.15) is 5.82 Å². The number of hydrogen-bond acceptors (Lipinski definition) is 5. The predicted octanol–water partition coefficient (Wildman–Crippen LogP) is 3.93. The van der Waals surface area contributed by atoms with Gasteiger partial charge in [0.15, 0.2) is 0 Å². The molecular formula is C29H33FN4O3. The van der Waals surface area contributed by atoms with Crippen LogP contribution in [-0.4, -0.2) is 72.8 Å². The maximum atomic E-state index is 14.2. The summed E-state index contributed by atoms with van der Waals surface area (Å²) >= 11 is 0. The third-order valence-electron chi connectivity index (χ3n) is 8.51. The van der Waals surface area contributed by atoms with Crippen LogP contribution in [0, 0.1) is 11.7 Å². The number of fused-ring (bicyclic) bond motifs is 1. The Morgan fingerprint density at radius 1 is 0.757 bits per heavy atom. The molecule has 2 aromatic rings. The molecule has 3 heterocycles. The van der Waals surface area contributed by atoms with Gasteiger partial charge in [-0.3, -0.25) is 19.3 Å². The molecule has 0 unspecified atom stereocenters. The minimum atomic E-state index is -0.236. The molecule has 1 atom stereocenters. The number of hydrogen-bond donors (Lipinski definition) is 0. The van der Waals surface area contributed by atoms with Gasteiger partial charge in [0, 0.05) is 45.3 Å². The molecule has 1 saturated carbocycles. The standard InChI is InChI=1S/C29H33FN4O3/c30-23-11-3-4-12-24(23)31-15-17-32(18-16-31)27(35)20-7-6-14-33(19-20)25-13-5-10-22-26(25)29(37)34(28(22)36)21-8-1-2-9-21/h3-5,10-13,20-21H,1-2,6-9,14-19H2/t20-/m0/s1. The summed E-state index contributed by atoms with van der Waals surface area (Å²) in [5, 5.41) is 0. The molecule has 8 heteroatoms. The Morgan fingerprint density at radius 3 is 2.24 bits per heavy atom. The van der Waals surface area contributed by atoms with Crippen molar-refractivity contribution in [3.63, 3.8) is 0 Å². The number of imide groups is 1. The minimum absolute atomic E-state index is 0.000963.